The zero-order chi connectivity index (χ0) is 12.8. The summed E-state index contributed by atoms with van der Waals surface area (Å²) >= 11 is 0. The summed E-state index contributed by atoms with van der Waals surface area (Å²) in [6.45, 7) is 1.02. The van der Waals surface area contributed by atoms with Gasteiger partial charge in [-0.2, -0.15) is 10.4 Å². The van der Waals surface area contributed by atoms with Gasteiger partial charge >= 0.3 is 0 Å². The molecule has 0 saturated heterocycles. The van der Waals surface area contributed by atoms with Gasteiger partial charge in [0.25, 0.3) is 0 Å². The Morgan fingerprint density at radius 3 is 2.78 bits per heavy atom. The molecule has 0 bridgehead atoms. The lowest BCUT2D eigenvalue weighted by Crippen LogP contribution is -2.08. The van der Waals surface area contributed by atoms with Gasteiger partial charge < -0.3 is 5.32 Å². The van der Waals surface area contributed by atoms with Gasteiger partial charge in [0.15, 0.2) is 0 Å². The Hall–Kier alpha value is -2.12. The Labute approximate surface area is 107 Å². The van der Waals surface area contributed by atoms with Crippen molar-refractivity contribution >= 4 is 0 Å². The zero-order valence-corrected chi connectivity index (χ0v) is 10.4. The fourth-order valence-electron chi connectivity index (χ4n) is 1.79. The molecule has 18 heavy (non-hydrogen) atoms. The van der Waals surface area contributed by atoms with Crippen molar-refractivity contribution in [3.05, 3.63) is 47.8 Å². The molecule has 0 unspecified atom stereocenters. The maximum absolute atomic E-state index is 8.75. The Morgan fingerprint density at radius 2 is 2.11 bits per heavy atom. The van der Waals surface area contributed by atoms with E-state index in [1.54, 1.807) is 12.1 Å². The van der Waals surface area contributed by atoms with E-state index < -0.39 is 0 Å². The second kappa shape index (κ2) is 5.99. The normalized spacial score (nSPS) is 10.2. The number of nitrogens with one attached hydrogen (secondary N) is 1. The molecule has 0 amide bonds. The van der Waals surface area contributed by atoms with Crippen LogP contribution >= 0.6 is 0 Å². The maximum Gasteiger partial charge on any atom is 0.0991 e. The highest BCUT2D eigenvalue weighted by Crippen LogP contribution is 2.10. The number of aromatic nitrogens is 2. The average molecular weight is 240 g/mol. The summed E-state index contributed by atoms with van der Waals surface area (Å²) in [4.78, 5) is 0. The molecule has 1 aromatic carbocycles. The molecule has 0 aliphatic rings. The Balaban J connectivity index is 2.06. The van der Waals surface area contributed by atoms with Crippen molar-refractivity contribution in [3.8, 4) is 11.8 Å². The van der Waals surface area contributed by atoms with Crippen LogP contribution in [0, 0.1) is 11.3 Å². The molecule has 0 saturated carbocycles. The lowest BCUT2D eigenvalue weighted by atomic mass is 10.2. The third-order valence-electron chi connectivity index (χ3n) is 2.79. The standard InChI is InChI=1S/C14H16N4/c1-16-8-2-3-13-10-17-18(11-13)14-6-4-12(9-15)5-7-14/h4-7,10-11,16H,2-3,8H2,1H3. The lowest BCUT2D eigenvalue weighted by Gasteiger charge is -2.00. The van der Waals surface area contributed by atoms with E-state index in [4.69, 9.17) is 5.26 Å². The topological polar surface area (TPSA) is 53.6 Å². The van der Waals surface area contributed by atoms with Crippen molar-refractivity contribution in [1.29, 1.82) is 5.26 Å². The molecule has 1 aromatic heterocycles. The number of benzene rings is 1. The van der Waals surface area contributed by atoms with E-state index in [1.165, 1.54) is 5.56 Å². The minimum atomic E-state index is 0.667. The van der Waals surface area contributed by atoms with Gasteiger partial charge in [-0.3, -0.25) is 0 Å². The van der Waals surface area contributed by atoms with E-state index in [1.807, 2.05) is 36.3 Å². The molecule has 0 spiro atoms. The number of aryl methyl sites for hydroxylation is 1. The highest BCUT2D eigenvalue weighted by molar-refractivity contribution is 5.39. The van der Waals surface area contributed by atoms with Crippen LogP contribution in [0.3, 0.4) is 0 Å². The van der Waals surface area contributed by atoms with Crippen molar-refractivity contribution in [2.45, 2.75) is 12.8 Å². The second-order valence-corrected chi connectivity index (χ2v) is 4.16. The molecule has 0 aliphatic carbocycles. The molecular weight excluding hydrogens is 224 g/mol. The third-order valence-corrected chi connectivity index (χ3v) is 2.79. The summed E-state index contributed by atoms with van der Waals surface area (Å²) in [5, 5.41) is 16.2. The molecular formula is C14H16N4. The monoisotopic (exact) mass is 240 g/mol. The van der Waals surface area contributed by atoms with Crippen molar-refractivity contribution in [2.75, 3.05) is 13.6 Å². The molecule has 0 atom stereocenters. The quantitative estimate of drug-likeness (QED) is 0.812. The van der Waals surface area contributed by atoms with E-state index in [0.29, 0.717) is 5.56 Å². The van der Waals surface area contributed by atoms with E-state index >= 15 is 0 Å². The van der Waals surface area contributed by atoms with Crippen LogP contribution in [0.15, 0.2) is 36.7 Å². The highest BCUT2D eigenvalue weighted by Gasteiger charge is 2.01. The fourth-order valence-corrected chi connectivity index (χ4v) is 1.79. The first-order valence-corrected chi connectivity index (χ1v) is 6.02. The van der Waals surface area contributed by atoms with Gasteiger partial charge in [0.1, 0.15) is 0 Å². The number of rotatable bonds is 5. The number of hydrogen-bond donors (Lipinski definition) is 1. The van der Waals surface area contributed by atoms with Gasteiger partial charge in [-0.05, 0) is 56.3 Å². The van der Waals surface area contributed by atoms with E-state index in [-0.39, 0.29) is 0 Å². The van der Waals surface area contributed by atoms with Crippen molar-refractivity contribution in [3.63, 3.8) is 0 Å². The Morgan fingerprint density at radius 1 is 1.33 bits per heavy atom. The third kappa shape index (κ3) is 2.96. The van der Waals surface area contributed by atoms with Crippen LogP contribution in [-0.4, -0.2) is 23.4 Å². The molecule has 1 N–H and O–H groups in total. The summed E-state index contributed by atoms with van der Waals surface area (Å²) in [7, 11) is 1.96. The molecule has 92 valence electrons. The van der Waals surface area contributed by atoms with Crippen LogP contribution in [0.25, 0.3) is 5.69 Å². The molecule has 4 nitrogen and oxygen atoms in total. The predicted octanol–water partition coefficient (Wildman–Crippen LogP) is 1.90. The predicted molar refractivity (Wildman–Crippen MR) is 70.5 cm³/mol. The van der Waals surface area contributed by atoms with Gasteiger partial charge in [0.2, 0.25) is 0 Å². The number of nitrogens with zero attached hydrogens (tertiary/aromatic N) is 3. The summed E-state index contributed by atoms with van der Waals surface area (Å²) in [5.41, 5.74) is 2.88. The summed E-state index contributed by atoms with van der Waals surface area (Å²) < 4.78 is 1.84. The van der Waals surface area contributed by atoms with Gasteiger partial charge in [0.05, 0.1) is 23.5 Å². The van der Waals surface area contributed by atoms with Crippen molar-refractivity contribution in [2.24, 2.45) is 0 Å². The van der Waals surface area contributed by atoms with Crippen molar-refractivity contribution in [1.82, 2.24) is 15.1 Å². The Kier molecular flexibility index (Phi) is 4.11. The molecule has 0 fully saturated rings. The summed E-state index contributed by atoms with van der Waals surface area (Å²) in [6, 6.07) is 9.53. The van der Waals surface area contributed by atoms with E-state index in [2.05, 4.69) is 16.5 Å². The minimum Gasteiger partial charge on any atom is -0.320 e. The largest absolute Gasteiger partial charge is 0.320 e. The highest BCUT2D eigenvalue weighted by atomic mass is 15.3. The van der Waals surface area contributed by atoms with Gasteiger partial charge in [-0.1, -0.05) is 0 Å². The zero-order valence-electron chi connectivity index (χ0n) is 10.4. The molecule has 0 radical (unpaired) electrons. The SMILES string of the molecule is CNCCCc1cnn(-c2ccc(C#N)cc2)c1. The summed E-state index contributed by atoms with van der Waals surface area (Å²) in [5.74, 6) is 0. The fraction of sp³-hybridized carbons (Fsp3) is 0.286. The van der Waals surface area contributed by atoms with E-state index in [9.17, 15) is 0 Å². The molecule has 0 aliphatic heterocycles. The molecule has 2 rings (SSSR count). The molecule has 2 aromatic rings. The van der Waals surface area contributed by atoms with Gasteiger partial charge in [-0.25, -0.2) is 4.68 Å². The second-order valence-electron chi connectivity index (χ2n) is 4.16. The van der Waals surface area contributed by atoms with Crippen LogP contribution in [0.5, 0.6) is 0 Å². The van der Waals surface area contributed by atoms with Gasteiger partial charge in [0, 0.05) is 6.20 Å². The maximum atomic E-state index is 8.75. The Bertz CT molecular complexity index is 534. The molecule has 1 heterocycles. The van der Waals surface area contributed by atoms with Crippen LogP contribution in [0.2, 0.25) is 0 Å². The van der Waals surface area contributed by atoms with Crippen LogP contribution in [-0.2, 0) is 6.42 Å². The first-order valence-electron chi connectivity index (χ1n) is 6.02. The van der Waals surface area contributed by atoms with Crippen molar-refractivity contribution < 1.29 is 0 Å². The first kappa shape index (κ1) is 12.3. The smallest absolute Gasteiger partial charge is 0.0991 e. The number of nitriles is 1. The van der Waals surface area contributed by atoms with Gasteiger partial charge in [-0.15, -0.1) is 0 Å². The van der Waals surface area contributed by atoms with Crippen LogP contribution < -0.4 is 5.32 Å². The van der Waals surface area contributed by atoms with Crippen LogP contribution in [0.4, 0.5) is 0 Å². The minimum absolute atomic E-state index is 0.667. The summed E-state index contributed by atoms with van der Waals surface area (Å²) in [6.07, 6.45) is 6.07. The van der Waals surface area contributed by atoms with Crippen LogP contribution in [0.1, 0.15) is 17.5 Å². The molecule has 4 heteroatoms. The number of hydrogen-bond acceptors (Lipinski definition) is 3. The van der Waals surface area contributed by atoms with E-state index in [0.717, 1.165) is 25.1 Å². The average Bonchev–Trinajstić information content (AvgIpc) is 2.88. The first-order chi connectivity index (χ1) is 8.83. The lowest BCUT2D eigenvalue weighted by molar-refractivity contribution is 0.724.